The van der Waals surface area contributed by atoms with Gasteiger partial charge in [-0.1, -0.05) is 148 Å². The first kappa shape index (κ1) is 76.4. The van der Waals surface area contributed by atoms with Gasteiger partial charge < -0.3 is 77.3 Å². The molecule has 20 nitrogen and oxygen atoms in total. The minimum absolute atomic E-state index is 0. The van der Waals surface area contributed by atoms with E-state index in [0.29, 0.717) is 69.5 Å². The third-order valence-corrected chi connectivity index (χ3v) is 18.7. The number of fused-ring (bicyclic) bond motifs is 3. The Hall–Kier alpha value is -6.62. The number of hydrogen-bond donors (Lipinski definition) is 2. The molecule has 5 aliphatic carbocycles. The van der Waals surface area contributed by atoms with Crippen LogP contribution in [0.15, 0.2) is 133 Å². The Bertz CT molecular complexity index is 2870. The number of nitrogens with zero attached hydrogens (tertiary/aromatic N) is 5. The van der Waals surface area contributed by atoms with Crippen molar-refractivity contribution < 1.29 is 73.4 Å². The summed E-state index contributed by atoms with van der Waals surface area (Å²) in [6, 6.07) is 40.0. The van der Waals surface area contributed by atoms with Crippen LogP contribution in [0.2, 0.25) is 0 Å². The number of allylic oxidation sites excluding steroid dienone is 1. The molecule has 3 saturated heterocycles. The van der Waals surface area contributed by atoms with Crippen LogP contribution >= 0.6 is 0 Å². The van der Waals surface area contributed by atoms with Crippen LogP contribution in [-0.2, 0) is 69.1 Å². The third kappa shape index (κ3) is 23.9. The van der Waals surface area contributed by atoms with Crippen molar-refractivity contribution >= 4 is 24.4 Å². The van der Waals surface area contributed by atoms with Gasteiger partial charge in [-0.15, -0.1) is 0 Å². The van der Waals surface area contributed by atoms with Gasteiger partial charge in [-0.3, -0.25) is 0 Å². The van der Waals surface area contributed by atoms with Crippen molar-refractivity contribution in [2.75, 3.05) is 42.3 Å². The molecule has 0 radical (unpaired) electrons. The first-order valence-corrected chi connectivity index (χ1v) is 33.1. The van der Waals surface area contributed by atoms with Crippen molar-refractivity contribution in [1.82, 2.24) is 24.5 Å². The molecule has 4 saturated carbocycles. The predicted octanol–water partition coefficient (Wildman–Crippen LogP) is 13.0. The molecule has 6 unspecified atom stereocenters. The minimum atomic E-state index is -0.766. The Morgan fingerprint density at radius 1 is 0.383 bits per heavy atom. The van der Waals surface area contributed by atoms with Gasteiger partial charge in [0.2, 0.25) is 0 Å². The zero-order valence-electron chi connectivity index (χ0n) is 56.2. The van der Waals surface area contributed by atoms with Gasteiger partial charge in [0.15, 0.2) is 12.6 Å². The lowest BCUT2D eigenvalue weighted by molar-refractivity contribution is -0.0508. The van der Waals surface area contributed by atoms with E-state index in [9.17, 15) is 29.4 Å². The molecule has 2 N–H and O–H groups in total. The van der Waals surface area contributed by atoms with E-state index in [-0.39, 0.29) is 90.1 Å². The largest absolute Gasteiger partial charge is 1.00 e. The lowest BCUT2D eigenvalue weighted by atomic mass is 9.90. The zero-order valence-corrected chi connectivity index (χ0v) is 55.2. The number of epoxide rings is 1. The van der Waals surface area contributed by atoms with Crippen LogP contribution in [0, 0.1) is 0 Å². The molecule has 0 spiro atoms. The monoisotopic (exact) mass is 1310 g/mol. The first-order valence-electron chi connectivity index (χ1n) is 33.1. The van der Waals surface area contributed by atoms with E-state index in [4.69, 9.17) is 42.6 Å². The average Bonchev–Trinajstić information content (AvgIpc) is 1.68. The average molecular weight is 1310 g/mol. The van der Waals surface area contributed by atoms with Gasteiger partial charge in [-0.2, -0.15) is 0 Å². The van der Waals surface area contributed by atoms with E-state index in [1.54, 1.807) is 28.8 Å². The Kier molecular flexibility index (Phi) is 31.5. The number of ether oxygens (including phenoxy) is 9. The molecule has 0 bridgehead atoms. The van der Waals surface area contributed by atoms with Gasteiger partial charge in [-0.25, -0.2) is 19.2 Å². The zero-order chi connectivity index (χ0) is 65.5. The van der Waals surface area contributed by atoms with Crippen LogP contribution < -0.4 is 0 Å². The Morgan fingerprint density at radius 2 is 0.691 bits per heavy atom. The summed E-state index contributed by atoms with van der Waals surface area (Å²) in [5.74, 6) is 0. The van der Waals surface area contributed by atoms with E-state index in [1.165, 1.54) is 11.3 Å². The van der Waals surface area contributed by atoms with Crippen molar-refractivity contribution in [2.45, 2.75) is 243 Å². The number of carbonyl (C=O) groups is 4. The number of hydrogen-bond acceptors (Lipinski definition) is 16. The summed E-state index contributed by atoms with van der Waals surface area (Å²) in [5.41, 5.74) is 3.96. The van der Waals surface area contributed by atoms with Crippen molar-refractivity contribution in [3.63, 3.8) is 0 Å². The van der Waals surface area contributed by atoms with Crippen molar-refractivity contribution in [3.05, 3.63) is 156 Å². The van der Waals surface area contributed by atoms with E-state index in [2.05, 4.69) is 31.1 Å². The van der Waals surface area contributed by atoms with E-state index >= 15 is 0 Å². The Morgan fingerprint density at radius 3 is 1.04 bits per heavy atom. The smallest absolute Gasteiger partial charge is 0.445 e. The fraction of sp³-hybridized carbons (Fsp3) is 0.595. The third-order valence-electron chi connectivity index (χ3n) is 18.7. The predicted molar refractivity (Wildman–Crippen MR) is 362 cm³/mol. The number of amides is 4. The topological polar surface area (TPSA) is 211 Å². The standard InChI is InChI=1S/C17H23NO4.C15H21NO4.C15H19NO3.C15H19NO2.C10H19NO2.2CH4/c1-12-21-15-9-8-14(10-16(15)22-12)18(2)17(19)20-11-13-6-4-3-5-7-13;1-16(12-7-8-13(17)14(18)9-12)15(19)20-10-11-5-3-2-4-6-11;1-16(12-7-8-13-14(9-12)19-13)15(17)18-10-11-5-3-2-4-6-11;1-16(14-10-6-3-7-11-14)15(17)18-12-13-8-4-2-5-9-13;1-7-12-9-5-4-8(11(2)3)6-10(9)13-7;;/h3-7,12,14-16H,8-11H2,1-2H3;2-6,12-14,17-18H,7-10H2,1H3;2-6,12-14H,7-10H2,1H3;2-6,8-9,14H,7,10-12H2,1H3;7-10H,4-6H2,1-3H3;2*1H4/p+1/t12?,14-,15-,16-;12-,13-,14-;;;7?,8-,9-,10-;;/m11..1../s1. The van der Waals surface area contributed by atoms with Gasteiger partial charge in [0.1, 0.15) is 26.4 Å². The first-order chi connectivity index (χ1) is 44.4. The molecule has 3 heterocycles. The van der Waals surface area contributed by atoms with Crippen molar-refractivity contribution in [3.8, 4) is 0 Å². The van der Waals surface area contributed by atoms with E-state index in [1.807, 2.05) is 149 Å². The summed E-state index contributed by atoms with van der Waals surface area (Å²) >= 11 is 0. The second-order valence-electron chi connectivity index (χ2n) is 25.6. The molecule has 94 heavy (non-hydrogen) atoms. The summed E-state index contributed by atoms with van der Waals surface area (Å²) in [4.78, 5) is 57.0. The molecule has 3 aliphatic heterocycles. The second kappa shape index (κ2) is 38.8. The Balaban J connectivity index is 0.000000215. The van der Waals surface area contributed by atoms with Crippen LogP contribution in [-0.4, -0.2) is 193 Å². The summed E-state index contributed by atoms with van der Waals surface area (Å²) in [5, 5.41) is 19.1. The van der Waals surface area contributed by atoms with Gasteiger partial charge in [0.25, 0.3) is 0 Å². The summed E-state index contributed by atoms with van der Waals surface area (Å²) in [6.45, 7) is 5.13. The van der Waals surface area contributed by atoms with Crippen molar-refractivity contribution in [1.29, 1.82) is 0 Å². The highest BCUT2D eigenvalue weighted by Gasteiger charge is 2.46. The minimum Gasteiger partial charge on any atom is -0.445 e. The fourth-order valence-corrected chi connectivity index (χ4v) is 12.8. The maximum absolute atomic E-state index is 12.2. The lowest BCUT2D eigenvalue weighted by Crippen LogP contribution is -2.45. The maximum Gasteiger partial charge on any atom is 1.00 e. The number of rotatable bonds is 13. The van der Waals surface area contributed by atoms with Gasteiger partial charge in [-0.05, 0) is 147 Å². The van der Waals surface area contributed by atoms with E-state index < -0.39 is 18.3 Å². The normalized spacial score (nSPS) is 28.2. The lowest BCUT2D eigenvalue weighted by Gasteiger charge is -2.35. The molecule has 7 fully saturated rings. The van der Waals surface area contributed by atoms with Gasteiger partial charge in [0, 0.05) is 58.4 Å². The summed E-state index contributed by atoms with van der Waals surface area (Å²) in [7, 11) is 11.4. The van der Waals surface area contributed by atoms with Crippen LogP contribution in [0.4, 0.5) is 19.2 Å². The van der Waals surface area contributed by atoms with Crippen LogP contribution in [0.1, 0.15) is 149 Å². The van der Waals surface area contributed by atoms with Gasteiger partial charge >= 0.3 is 25.8 Å². The molecule has 4 amide bonds. The molecule has 4 aromatic rings. The molecule has 0 aromatic heterocycles. The second-order valence-corrected chi connectivity index (χ2v) is 25.6. The number of carbonyl (C=O) groups excluding carboxylic acids is 4. The molecule has 15 atom stereocenters. The number of aliphatic hydroxyl groups excluding tert-OH is 2. The van der Waals surface area contributed by atoms with Crippen LogP contribution in [0.3, 0.4) is 0 Å². The van der Waals surface area contributed by atoms with E-state index in [0.717, 1.165) is 92.9 Å². The summed E-state index contributed by atoms with van der Waals surface area (Å²) < 4.78 is 49.6. The summed E-state index contributed by atoms with van der Waals surface area (Å²) in [6.07, 6.45) is 17.2. The highest BCUT2D eigenvalue weighted by atomic mass is 16.7. The SMILES string of the molecule is C.C.CC1O[C@@H]2CC[C@@H](N(C)C(=O)OCc3ccccc3)C[C@H]2O1.CC1O[C@@H]2CC[C@@H](N(C)C)C[C@H]2O1.CN(C(=O)OCc1ccccc1)C1CC=CCC1.CN(C(=O)OCc1ccccc1)C1CCC2OC2C1.CN(C(=O)OCc1ccccc1)[C@@H]1CC[C@@H](O)[C@H](O)C1.[H+]. The molecule has 4 aromatic carbocycles. The quantitative estimate of drug-likeness (QED) is 0.0724. The van der Waals surface area contributed by atoms with Crippen molar-refractivity contribution in [2.24, 2.45) is 0 Å². The van der Waals surface area contributed by atoms with Gasteiger partial charge in [0.05, 0.1) is 48.8 Å². The highest BCUT2D eigenvalue weighted by molar-refractivity contribution is 5.69. The maximum atomic E-state index is 12.2. The molecule has 8 aliphatic rings. The molecular weight excluding hydrogens is 1200 g/mol. The fourth-order valence-electron chi connectivity index (χ4n) is 12.8. The molecule has 520 valence electrons. The highest BCUT2D eigenvalue weighted by Crippen LogP contribution is 2.39. The molecular formula is C74H110N5O15+. The molecule has 12 rings (SSSR count). The number of benzene rings is 4. The Labute approximate surface area is 561 Å². The van der Waals surface area contributed by atoms with Crippen LogP contribution in [0.25, 0.3) is 0 Å². The van der Waals surface area contributed by atoms with Crippen LogP contribution in [0.5, 0.6) is 0 Å². The molecule has 20 heteroatoms. The number of aliphatic hydroxyl groups is 2.